The zero-order chi connectivity index (χ0) is 21.5. The van der Waals surface area contributed by atoms with Crippen LogP contribution in [0, 0.1) is 0 Å². The molecule has 0 radical (unpaired) electrons. The number of piperazine rings is 1. The molecule has 0 N–H and O–H groups in total. The summed E-state index contributed by atoms with van der Waals surface area (Å²) in [5.74, 6) is 0. The molecule has 0 amide bonds. The van der Waals surface area contributed by atoms with E-state index < -0.39 is 21.9 Å². The molecule has 0 aliphatic carbocycles. The SMILES string of the molecule is O=S(=O)(c1ccc(Cl)cc1)N1CCN(c2cc(C(F)(F)F)nc3ccccc23)CC1. The quantitative estimate of drug-likeness (QED) is 0.586. The van der Waals surface area contributed by atoms with Crippen LogP contribution in [0.3, 0.4) is 0 Å². The second-order valence-electron chi connectivity index (χ2n) is 6.89. The highest BCUT2D eigenvalue weighted by Gasteiger charge is 2.35. The van der Waals surface area contributed by atoms with Crippen LogP contribution in [0.1, 0.15) is 5.69 Å². The fraction of sp³-hybridized carbons (Fsp3) is 0.250. The number of halogens is 4. The Kier molecular flexibility index (Phi) is 5.37. The zero-order valence-corrected chi connectivity index (χ0v) is 17.2. The average Bonchev–Trinajstić information content (AvgIpc) is 2.73. The number of aromatic nitrogens is 1. The normalized spacial score (nSPS) is 16.2. The summed E-state index contributed by atoms with van der Waals surface area (Å²) in [6, 6.07) is 13.6. The average molecular weight is 456 g/mol. The van der Waals surface area contributed by atoms with Crippen LogP contribution in [0.4, 0.5) is 18.9 Å². The van der Waals surface area contributed by atoms with Crippen molar-refractivity contribution in [1.29, 1.82) is 0 Å². The van der Waals surface area contributed by atoms with Gasteiger partial charge in [0.2, 0.25) is 10.0 Å². The summed E-state index contributed by atoms with van der Waals surface area (Å²) in [6.45, 7) is 0.835. The number of alkyl halides is 3. The van der Waals surface area contributed by atoms with E-state index in [1.807, 2.05) is 0 Å². The first-order valence-corrected chi connectivity index (χ1v) is 11.0. The molecule has 1 aliphatic heterocycles. The summed E-state index contributed by atoms with van der Waals surface area (Å²) < 4.78 is 67.0. The van der Waals surface area contributed by atoms with E-state index in [0.717, 1.165) is 6.07 Å². The van der Waals surface area contributed by atoms with Gasteiger partial charge in [0.25, 0.3) is 0 Å². The van der Waals surface area contributed by atoms with E-state index in [0.29, 0.717) is 16.1 Å². The Balaban J connectivity index is 1.61. The van der Waals surface area contributed by atoms with Crippen LogP contribution in [0.2, 0.25) is 5.02 Å². The number of fused-ring (bicyclic) bond motifs is 1. The Bertz CT molecular complexity index is 1180. The number of benzene rings is 2. The monoisotopic (exact) mass is 455 g/mol. The van der Waals surface area contributed by atoms with Crippen molar-refractivity contribution < 1.29 is 21.6 Å². The van der Waals surface area contributed by atoms with E-state index in [9.17, 15) is 21.6 Å². The molecule has 5 nitrogen and oxygen atoms in total. The van der Waals surface area contributed by atoms with Crippen LogP contribution in [-0.2, 0) is 16.2 Å². The number of rotatable bonds is 3. The van der Waals surface area contributed by atoms with Gasteiger partial charge in [0.1, 0.15) is 5.69 Å². The number of para-hydroxylation sites is 1. The van der Waals surface area contributed by atoms with Crippen LogP contribution in [-0.4, -0.2) is 43.9 Å². The lowest BCUT2D eigenvalue weighted by Gasteiger charge is -2.36. The van der Waals surface area contributed by atoms with E-state index in [1.54, 1.807) is 23.1 Å². The number of sulfonamides is 1. The first-order valence-electron chi connectivity index (χ1n) is 9.14. The number of hydrogen-bond acceptors (Lipinski definition) is 4. The Morgan fingerprint density at radius 1 is 0.933 bits per heavy atom. The van der Waals surface area contributed by atoms with Crippen LogP contribution >= 0.6 is 11.6 Å². The molecule has 0 unspecified atom stereocenters. The largest absolute Gasteiger partial charge is 0.433 e. The van der Waals surface area contributed by atoms with Crippen molar-refractivity contribution in [3.05, 3.63) is 65.3 Å². The highest BCUT2D eigenvalue weighted by molar-refractivity contribution is 7.89. The topological polar surface area (TPSA) is 53.5 Å². The summed E-state index contributed by atoms with van der Waals surface area (Å²) in [6.07, 6.45) is -4.57. The van der Waals surface area contributed by atoms with E-state index in [4.69, 9.17) is 11.6 Å². The second-order valence-corrected chi connectivity index (χ2v) is 9.26. The summed E-state index contributed by atoms with van der Waals surface area (Å²) in [4.78, 5) is 5.64. The minimum atomic E-state index is -4.57. The van der Waals surface area contributed by atoms with E-state index in [2.05, 4.69) is 4.98 Å². The van der Waals surface area contributed by atoms with Gasteiger partial charge in [0, 0.05) is 42.3 Å². The Morgan fingerprint density at radius 2 is 1.57 bits per heavy atom. The number of pyridine rings is 1. The summed E-state index contributed by atoms with van der Waals surface area (Å²) in [5, 5.41) is 1.03. The second kappa shape index (κ2) is 7.72. The van der Waals surface area contributed by atoms with Crippen LogP contribution in [0.5, 0.6) is 0 Å². The predicted octanol–water partition coefficient (Wildman–Crippen LogP) is 4.42. The van der Waals surface area contributed by atoms with Crippen molar-refractivity contribution in [1.82, 2.24) is 9.29 Å². The van der Waals surface area contributed by atoms with Gasteiger partial charge < -0.3 is 4.90 Å². The number of nitrogens with zero attached hydrogens (tertiary/aromatic N) is 3. The van der Waals surface area contributed by atoms with Crippen molar-refractivity contribution in [2.45, 2.75) is 11.1 Å². The molecule has 10 heteroatoms. The first kappa shape index (κ1) is 20.9. The van der Waals surface area contributed by atoms with Gasteiger partial charge in [-0.1, -0.05) is 29.8 Å². The molecule has 1 aromatic heterocycles. The third kappa shape index (κ3) is 3.97. The molecule has 2 heterocycles. The van der Waals surface area contributed by atoms with Crippen molar-refractivity contribution in [3.63, 3.8) is 0 Å². The molecule has 30 heavy (non-hydrogen) atoms. The minimum Gasteiger partial charge on any atom is -0.368 e. The Hall–Kier alpha value is -2.36. The van der Waals surface area contributed by atoms with Gasteiger partial charge in [0.05, 0.1) is 10.4 Å². The molecule has 158 valence electrons. The minimum absolute atomic E-state index is 0.133. The van der Waals surface area contributed by atoms with Crippen molar-refractivity contribution in [2.75, 3.05) is 31.1 Å². The van der Waals surface area contributed by atoms with Crippen molar-refractivity contribution >= 4 is 38.2 Å². The smallest absolute Gasteiger partial charge is 0.368 e. The molecular weight excluding hydrogens is 439 g/mol. The van der Waals surface area contributed by atoms with Crippen LogP contribution in [0.15, 0.2) is 59.5 Å². The Labute approximate surface area is 176 Å². The highest BCUT2D eigenvalue weighted by atomic mass is 35.5. The van der Waals surface area contributed by atoms with E-state index >= 15 is 0 Å². The van der Waals surface area contributed by atoms with Gasteiger partial charge in [-0.2, -0.15) is 17.5 Å². The molecule has 0 atom stereocenters. The predicted molar refractivity (Wildman–Crippen MR) is 109 cm³/mol. The van der Waals surface area contributed by atoms with Gasteiger partial charge >= 0.3 is 6.18 Å². The standard InChI is InChI=1S/C20H17ClF3N3O2S/c21-14-5-7-15(8-6-14)30(28,29)27-11-9-26(10-12-27)18-13-19(20(22,23)24)25-17-4-2-1-3-16(17)18/h1-8,13H,9-12H2. The lowest BCUT2D eigenvalue weighted by molar-refractivity contribution is -0.140. The van der Waals surface area contributed by atoms with Crippen LogP contribution < -0.4 is 4.90 Å². The first-order chi connectivity index (χ1) is 14.2. The maximum Gasteiger partial charge on any atom is 0.433 e. The molecule has 1 aliphatic rings. The van der Waals surface area contributed by atoms with E-state index in [-0.39, 0.29) is 36.6 Å². The number of hydrogen-bond donors (Lipinski definition) is 0. The van der Waals surface area contributed by atoms with Gasteiger partial charge in [-0.05, 0) is 36.4 Å². The summed E-state index contributed by atoms with van der Waals surface area (Å²) >= 11 is 5.83. The molecule has 1 fully saturated rings. The molecule has 0 bridgehead atoms. The van der Waals surface area contributed by atoms with Gasteiger partial charge in [-0.25, -0.2) is 13.4 Å². The van der Waals surface area contributed by atoms with Gasteiger partial charge in [0.15, 0.2) is 0 Å². The zero-order valence-electron chi connectivity index (χ0n) is 15.6. The fourth-order valence-electron chi connectivity index (χ4n) is 3.49. The third-order valence-electron chi connectivity index (χ3n) is 5.02. The maximum absolute atomic E-state index is 13.3. The summed E-state index contributed by atoms with van der Waals surface area (Å²) in [7, 11) is -3.70. The molecule has 1 saturated heterocycles. The van der Waals surface area contributed by atoms with Crippen molar-refractivity contribution in [2.24, 2.45) is 0 Å². The molecular formula is C20H17ClF3N3O2S. The van der Waals surface area contributed by atoms with E-state index in [1.165, 1.54) is 34.6 Å². The summed E-state index contributed by atoms with van der Waals surface area (Å²) in [5.41, 5.74) is -0.317. The molecule has 2 aromatic carbocycles. The lowest BCUT2D eigenvalue weighted by atomic mass is 10.1. The molecule has 0 spiro atoms. The van der Waals surface area contributed by atoms with Gasteiger partial charge in [-0.3, -0.25) is 0 Å². The lowest BCUT2D eigenvalue weighted by Crippen LogP contribution is -2.48. The third-order valence-corrected chi connectivity index (χ3v) is 7.18. The Morgan fingerprint density at radius 3 is 2.20 bits per heavy atom. The highest BCUT2D eigenvalue weighted by Crippen LogP contribution is 2.35. The van der Waals surface area contributed by atoms with Crippen molar-refractivity contribution in [3.8, 4) is 0 Å². The fourth-order valence-corrected chi connectivity index (χ4v) is 5.04. The molecule has 4 rings (SSSR count). The molecule has 0 saturated carbocycles. The maximum atomic E-state index is 13.3. The number of anilines is 1. The van der Waals surface area contributed by atoms with Crippen LogP contribution in [0.25, 0.3) is 10.9 Å². The van der Waals surface area contributed by atoms with Gasteiger partial charge in [-0.15, -0.1) is 0 Å². The molecule has 3 aromatic rings.